The van der Waals surface area contributed by atoms with Crippen molar-refractivity contribution in [2.24, 2.45) is 5.92 Å². The Kier molecular flexibility index (Phi) is 4.42. The van der Waals surface area contributed by atoms with Crippen LogP contribution in [0.3, 0.4) is 0 Å². The summed E-state index contributed by atoms with van der Waals surface area (Å²) in [6.45, 7) is 4.80. The zero-order chi connectivity index (χ0) is 13.1. The van der Waals surface area contributed by atoms with Crippen molar-refractivity contribution in [3.05, 3.63) is 0 Å². The summed E-state index contributed by atoms with van der Waals surface area (Å²) in [4.78, 5) is 17.3. The number of piperidine rings is 1. The summed E-state index contributed by atoms with van der Waals surface area (Å²) < 4.78 is 0. The summed E-state index contributed by atoms with van der Waals surface area (Å²) in [6, 6.07) is 0.544. The zero-order valence-corrected chi connectivity index (χ0v) is 12.1. The highest BCUT2D eigenvalue weighted by molar-refractivity contribution is 5.80. The molecule has 3 fully saturated rings. The van der Waals surface area contributed by atoms with Crippen LogP contribution in [0, 0.1) is 5.92 Å². The maximum atomic E-state index is 12.5. The van der Waals surface area contributed by atoms with Gasteiger partial charge < -0.3 is 9.80 Å². The molecule has 0 bridgehead atoms. The van der Waals surface area contributed by atoms with Crippen LogP contribution in [0.2, 0.25) is 0 Å². The van der Waals surface area contributed by atoms with Gasteiger partial charge in [0.15, 0.2) is 0 Å². The summed E-state index contributed by atoms with van der Waals surface area (Å²) in [5.41, 5.74) is 0. The maximum Gasteiger partial charge on any atom is 0.225 e. The van der Waals surface area contributed by atoms with Crippen molar-refractivity contribution in [3.8, 4) is 0 Å². The van der Waals surface area contributed by atoms with Crippen molar-refractivity contribution in [1.29, 1.82) is 0 Å². The molecule has 19 heavy (non-hydrogen) atoms. The van der Waals surface area contributed by atoms with E-state index in [0.29, 0.717) is 17.9 Å². The lowest BCUT2D eigenvalue weighted by Crippen LogP contribution is -2.48. The Labute approximate surface area is 117 Å². The van der Waals surface area contributed by atoms with Crippen LogP contribution in [0.1, 0.15) is 57.8 Å². The molecule has 0 aromatic carbocycles. The molecule has 0 N–H and O–H groups in total. The molecular weight excluding hydrogens is 236 g/mol. The molecule has 0 spiro atoms. The fourth-order valence-corrected chi connectivity index (χ4v) is 3.82. The Hall–Kier alpha value is -0.570. The van der Waals surface area contributed by atoms with E-state index in [9.17, 15) is 4.79 Å². The summed E-state index contributed by atoms with van der Waals surface area (Å²) in [6.07, 6.45) is 11.3. The van der Waals surface area contributed by atoms with Gasteiger partial charge in [-0.15, -0.1) is 0 Å². The number of carbonyl (C=O) groups excluding carboxylic acids is 1. The van der Waals surface area contributed by atoms with Crippen molar-refractivity contribution < 1.29 is 4.79 Å². The van der Waals surface area contributed by atoms with Crippen molar-refractivity contribution in [2.45, 2.75) is 63.8 Å². The summed E-state index contributed by atoms with van der Waals surface area (Å²) in [5.74, 6) is 0.866. The number of hydrogen-bond donors (Lipinski definition) is 0. The summed E-state index contributed by atoms with van der Waals surface area (Å²) >= 11 is 0. The van der Waals surface area contributed by atoms with Crippen LogP contribution < -0.4 is 0 Å². The smallest absolute Gasteiger partial charge is 0.225 e. The third-order valence-corrected chi connectivity index (χ3v) is 5.34. The highest BCUT2D eigenvalue weighted by atomic mass is 16.2. The average Bonchev–Trinajstić information content (AvgIpc) is 2.87. The molecule has 2 aliphatic heterocycles. The Morgan fingerprint density at radius 3 is 2.32 bits per heavy atom. The van der Waals surface area contributed by atoms with Gasteiger partial charge in [-0.1, -0.05) is 6.42 Å². The third kappa shape index (κ3) is 3.13. The van der Waals surface area contributed by atoms with E-state index >= 15 is 0 Å². The van der Waals surface area contributed by atoms with Gasteiger partial charge in [0.1, 0.15) is 0 Å². The minimum Gasteiger partial charge on any atom is -0.339 e. The van der Waals surface area contributed by atoms with Crippen molar-refractivity contribution in [2.75, 3.05) is 26.2 Å². The van der Waals surface area contributed by atoms with E-state index in [0.717, 1.165) is 19.4 Å². The van der Waals surface area contributed by atoms with Gasteiger partial charge in [0.25, 0.3) is 0 Å². The predicted octanol–water partition coefficient (Wildman–Crippen LogP) is 2.65. The lowest BCUT2D eigenvalue weighted by molar-refractivity contribution is -0.142. The first kappa shape index (κ1) is 13.4. The normalized spacial score (nSPS) is 29.5. The van der Waals surface area contributed by atoms with Crippen LogP contribution in [-0.2, 0) is 4.79 Å². The molecule has 0 aromatic rings. The summed E-state index contributed by atoms with van der Waals surface area (Å²) in [5, 5.41) is 0. The maximum absolute atomic E-state index is 12.5. The molecule has 1 saturated carbocycles. The lowest BCUT2D eigenvalue weighted by atomic mass is 9.83. The first-order valence-electron chi connectivity index (χ1n) is 8.37. The average molecular weight is 264 g/mol. The molecule has 2 saturated heterocycles. The second-order valence-electron chi connectivity index (χ2n) is 6.65. The fourth-order valence-electron chi connectivity index (χ4n) is 3.82. The second kappa shape index (κ2) is 6.25. The quantitative estimate of drug-likeness (QED) is 0.779. The molecule has 108 valence electrons. The van der Waals surface area contributed by atoms with E-state index in [1.54, 1.807) is 0 Å². The van der Waals surface area contributed by atoms with E-state index in [1.165, 1.54) is 64.6 Å². The Bertz CT molecular complexity index is 308. The van der Waals surface area contributed by atoms with E-state index in [2.05, 4.69) is 9.80 Å². The minimum absolute atomic E-state index is 0.382. The molecule has 0 radical (unpaired) electrons. The molecule has 3 heteroatoms. The van der Waals surface area contributed by atoms with Crippen LogP contribution in [0.15, 0.2) is 0 Å². The number of rotatable bonds is 4. The van der Waals surface area contributed by atoms with Crippen molar-refractivity contribution in [1.82, 2.24) is 9.80 Å². The number of carbonyl (C=O) groups is 1. The molecule has 3 aliphatic rings. The Morgan fingerprint density at radius 2 is 1.63 bits per heavy atom. The molecule has 1 amide bonds. The molecule has 0 unspecified atom stereocenters. The highest BCUT2D eigenvalue weighted by Gasteiger charge is 2.34. The number of likely N-dealkylation sites (tertiary alicyclic amines) is 2. The zero-order valence-electron chi connectivity index (χ0n) is 12.1. The van der Waals surface area contributed by atoms with Gasteiger partial charge in [0.2, 0.25) is 5.91 Å². The Morgan fingerprint density at radius 1 is 0.895 bits per heavy atom. The van der Waals surface area contributed by atoms with E-state index in [4.69, 9.17) is 0 Å². The van der Waals surface area contributed by atoms with Gasteiger partial charge in [-0.2, -0.15) is 0 Å². The van der Waals surface area contributed by atoms with Crippen molar-refractivity contribution >= 4 is 5.91 Å². The topological polar surface area (TPSA) is 23.6 Å². The van der Waals surface area contributed by atoms with Gasteiger partial charge in [0, 0.05) is 25.0 Å². The SMILES string of the molecule is O=C(C1CCC1)N1CCCC[C@@H]1CCN1CCCC1. The first-order valence-corrected chi connectivity index (χ1v) is 8.37. The van der Waals surface area contributed by atoms with Gasteiger partial charge in [-0.05, 0) is 64.5 Å². The number of nitrogens with zero attached hydrogens (tertiary/aromatic N) is 2. The predicted molar refractivity (Wildman–Crippen MR) is 77.0 cm³/mol. The van der Waals surface area contributed by atoms with E-state index in [1.807, 2.05) is 0 Å². The third-order valence-electron chi connectivity index (χ3n) is 5.34. The van der Waals surface area contributed by atoms with Crippen LogP contribution in [0.25, 0.3) is 0 Å². The molecule has 3 rings (SSSR count). The van der Waals surface area contributed by atoms with Gasteiger partial charge in [-0.25, -0.2) is 0 Å². The van der Waals surface area contributed by atoms with Crippen LogP contribution in [0.4, 0.5) is 0 Å². The molecule has 1 aliphatic carbocycles. The Balaban J connectivity index is 1.52. The molecule has 3 nitrogen and oxygen atoms in total. The van der Waals surface area contributed by atoms with Crippen molar-refractivity contribution in [3.63, 3.8) is 0 Å². The van der Waals surface area contributed by atoms with Gasteiger partial charge >= 0.3 is 0 Å². The lowest BCUT2D eigenvalue weighted by Gasteiger charge is -2.40. The number of hydrogen-bond acceptors (Lipinski definition) is 2. The van der Waals surface area contributed by atoms with Crippen LogP contribution in [0.5, 0.6) is 0 Å². The molecule has 0 aromatic heterocycles. The largest absolute Gasteiger partial charge is 0.339 e. The van der Waals surface area contributed by atoms with E-state index in [-0.39, 0.29) is 0 Å². The van der Waals surface area contributed by atoms with Crippen LogP contribution >= 0.6 is 0 Å². The van der Waals surface area contributed by atoms with E-state index < -0.39 is 0 Å². The van der Waals surface area contributed by atoms with Gasteiger partial charge in [0.05, 0.1) is 0 Å². The molecular formula is C16H28N2O. The number of amides is 1. The summed E-state index contributed by atoms with van der Waals surface area (Å²) in [7, 11) is 0. The fraction of sp³-hybridized carbons (Fsp3) is 0.938. The monoisotopic (exact) mass is 264 g/mol. The molecule has 1 atom stereocenters. The van der Waals surface area contributed by atoms with Gasteiger partial charge in [-0.3, -0.25) is 4.79 Å². The standard InChI is InChI=1S/C16H28N2O/c19-16(14-6-5-7-14)18-12-2-1-8-15(18)9-13-17-10-3-4-11-17/h14-15H,1-13H2/t15-/m1/s1. The molecule has 2 heterocycles. The van der Waals surface area contributed by atoms with Crippen LogP contribution in [-0.4, -0.2) is 47.9 Å². The minimum atomic E-state index is 0.382. The first-order chi connectivity index (χ1) is 9.34. The second-order valence-corrected chi connectivity index (χ2v) is 6.65. The highest BCUT2D eigenvalue weighted by Crippen LogP contribution is 2.31.